The summed E-state index contributed by atoms with van der Waals surface area (Å²) < 4.78 is 35.4. The minimum absolute atomic E-state index is 0. The van der Waals surface area contributed by atoms with Crippen molar-refractivity contribution in [2.45, 2.75) is 11.9 Å². The van der Waals surface area contributed by atoms with Crippen LogP contribution in [0.1, 0.15) is 6.92 Å². The zero-order valence-corrected chi connectivity index (χ0v) is 10.4. The van der Waals surface area contributed by atoms with Gasteiger partial charge in [0.15, 0.2) is 4.93 Å². The molecule has 0 amide bonds. The molecule has 74 valence electrons. The van der Waals surface area contributed by atoms with Crippen LogP contribution in [0.4, 0.5) is 0 Å². The first-order valence-corrected chi connectivity index (χ1v) is 4.58. The van der Waals surface area contributed by atoms with Crippen molar-refractivity contribution in [3.8, 4) is 0 Å². The second-order valence-corrected chi connectivity index (χ2v) is 4.19. The molecule has 1 atom stereocenters. The molecule has 6 nitrogen and oxygen atoms in total. The molecule has 0 rings (SSSR count). The quantitative estimate of drug-likeness (QED) is 0.275. The molecular formula is C5H11NaO6S. The van der Waals surface area contributed by atoms with E-state index in [0.29, 0.717) is 0 Å². The smallest absolute Gasteiger partial charge is 0.746 e. The fraction of sp³-hybridized carbons (Fsp3) is 1.00. The fourth-order valence-electron chi connectivity index (χ4n) is 0.398. The van der Waals surface area contributed by atoms with Crippen LogP contribution in [-0.4, -0.2) is 47.9 Å². The Morgan fingerprint density at radius 2 is 2.00 bits per heavy atom. The summed E-state index contributed by atoms with van der Waals surface area (Å²) in [4.78, 5) is -2.43. The fourth-order valence-corrected chi connectivity index (χ4v) is 0.626. The standard InChI is InChI=1S/C5H12O6S.Na/c1-5(7,12(8,9)10)4-11-3-2-6;/h6-7H,2-4H2,1H3,(H,8,9,10);/q;+1/p-1. The Morgan fingerprint density at radius 1 is 1.54 bits per heavy atom. The molecule has 0 spiro atoms. The van der Waals surface area contributed by atoms with Crippen LogP contribution < -0.4 is 29.6 Å². The first-order valence-electron chi connectivity index (χ1n) is 3.17. The molecule has 2 N–H and O–H groups in total. The third kappa shape index (κ3) is 5.97. The van der Waals surface area contributed by atoms with E-state index in [1.165, 1.54) is 0 Å². The maximum Gasteiger partial charge on any atom is 1.00 e. The largest absolute Gasteiger partial charge is 1.00 e. The number of rotatable bonds is 5. The SMILES string of the molecule is CC(O)(COCCO)S(=O)(=O)[O-].[Na+]. The molecule has 0 aromatic carbocycles. The van der Waals surface area contributed by atoms with Crippen molar-refractivity contribution in [2.24, 2.45) is 0 Å². The predicted octanol–water partition coefficient (Wildman–Crippen LogP) is -4.75. The normalized spacial score (nSPS) is 16.0. The Kier molecular flexibility index (Phi) is 7.87. The Bertz CT molecular complexity index is 223. The Labute approximate surface area is 98.9 Å². The van der Waals surface area contributed by atoms with E-state index in [9.17, 15) is 13.0 Å². The molecule has 0 saturated heterocycles. The summed E-state index contributed by atoms with van der Waals surface area (Å²) in [6.45, 7) is -0.216. The van der Waals surface area contributed by atoms with Crippen molar-refractivity contribution in [3.05, 3.63) is 0 Å². The summed E-state index contributed by atoms with van der Waals surface area (Å²) >= 11 is 0. The summed E-state index contributed by atoms with van der Waals surface area (Å²) in [5.41, 5.74) is 0. The summed E-state index contributed by atoms with van der Waals surface area (Å²) in [5, 5.41) is 17.2. The Balaban J connectivity index is 0. The molecule has 0 aliphatic rings. The van der Waals surface area contributed by atoms with E-state index < -0.39 is 21.7 Å². The molecule has 0 fully saturated rings. The van der Waals surface area contributed by atoms with Crippen LogP contribution in [0.3, 0.4) is 0 Å². The van der Waals surface area contributed by atoms with E-state index in [4.69, 9.17) is 10.2 Å². The zero-order chi connectivity index (χ0) is 9.83. The molecule has 0 heterocycles. The zero-order valence-electron chi connectivity index (χ0n) is 7.56. The summed E-state index contributed by atoms with van der Waals surface area (Å²) in [5.74, 6) is 0. The van der Waals surface area contributed by atoms with Gasteiger partial charge in [0, 0.05) is 0 Å². The molecule has 13 heavy (non-hydrogen) atoms. The molecule has 0 radical (unpaired) electrons. The van der Waals surface area contributed by atoms with E-state index >= 15 is 0 Å². The van der Waals surface area contributed by atoms with E-state index in [1.807, 2.05) is 0 Å². The van der Waals surface area contributed by atoms with Crippen LogP contribution in [0.25, 0.3) is 0 Å². The maximum atomic E-state index is 10.3. The number of hydrogen-bond acceptors (Lipinski definition) is 6. The van der Waals surface area contributed by atoms with Crippen molar-refractivity contribution >= 4 is 10.1 Å². The average Bonchev–Trinajstić information content (AvgIpc) is 1.85. The number of ether oxygens (including phenoxy) is 1. The van der Waals surface area contributed by atoms with Crippen LogP contribution in [0.15, 0.2) is 0 Å². The van der Waals surface area contributed by atoms with Gasteiger partial charge in [-0.25, -0.2) is 8.42 Å². The molecule has 0 aliphatic heterocycles. The van der Waals surface area contributed by atoms with Crippen molar-refractivity contribution in [3.63, 3.8) is 0 Å². The predicted molar refractivity (Wildman–Crippen MR) is 38.2 cm³/mol. The number of hydrogen-bond donors (Lipinski definition) is 2. The van der Waals surface area contributed by atoms with Crippen LogP contribution in [0, 0.1) is 0 Å². The van der Waals surface area contributed by atoms with Crippen LogP contribution in [-0.2, 0) is 14.9 Å². The van der Waals surface area contributed by atoms with Gasteiger partial charge in [0.1, 0.15) is 10.1 Å². The monoisotopic (exact) mass is 222 g/mol. The van der Waals surface area contributed by atoms with Gasteiger partial charge in [0.25, 0.3) is 0 Å². The van der Waals surface area contributed by atoms with Gasteiger partial charge < -0.3 is 19.5 Å². The van der Waals surface area contributed by atoms with Gasteiger partial charge in [-0.15, -0.1) is 0 Å². The van der Waals surface area contributed by atoms with E-state index in [0.717, 1.165) is 6.92 Å². The van der Waals surface area contributed by atoms with Crippen LogP contribution >= 0.6 is 0 Å². The van der Waals surface area contributed by atoms with E-state index in [-0.39, 0.29) is 42.8 Å². The van der Waals surface area contributed by atoms with E-state index in [2.05, 4.69) is 4.74 Å². The van der Waals surface area contributed by atoms with Gasteiger partial charge in [0.2, 0.25) is 0 Å². The van der Waals surface area contributed by atoms with Crippen molar-refractivity contribution in [2.75, 3.05) is 19.8 Å². The van der Waals surface area contributed by atoms with Crippen molar-refractivity contribution < 1.29 is 57.5 Å². The van der Waals surface area contributed by atoms with Gasteiger partial charge in [0.05, 0.1) is 19.8 Å². The summed E-state index contributed by atoms with van der Waals surface area (Å²) in [7, 11) is -4.78. The van der Waals surface area contributed by atoms with Gasteiger partial charge in [-0.3, -0.25) is 0 Å². The Morgan fingerprint density at radius 3 is 2.31 bits per heavy atom. The molecule has 0 aliphatic carbocycles. The van der Waals surface area contributed by atoms with Crippen molar-refractivity contribution in [1.82, 2.24) is 0 Å². The minimum Gasteiger partial charge on any atom is -0.746 e. The van der Waals surface area contributed by atoms with Gasteiger partial charge >= 0.3 is 29.6 Å². The number of aliphatic hydroxyl groups excluding tert-OH is 1. The number of aliphatic hydroxyl groups is 2. The third-order valence-electron chi connectivity index (χ3n) is 1.14. The minimum atomic E-state index is -4.78. The molecule has 0 saturated carbocycles. The first kappa shape index (κ1) is 16.2. The summed E-state index contributed by atoms with van der Waals surface area (Å²) in [6, 6.07) is 0. The maximum absolute atomic E-state index is 10.3. The molecule has 0 aromatic rings. The molecule has 0 bridgehead atoms. The summed E-state index contributed by atoms with van der Waals surface area (Å²) in [6.07, 6.45) is 0. The second kappa shape index (κ2) is 6.31. The molecule has 0 aromatic heterocycles. The topological polar surface area (TPSA) is 107 Å². The molecule has 1 unspecified atom stereocenters. The second-order valence-electron chi connectivity index (χ2n) is 2.41. The van der Waals surface area contributed by atoms with Gasteiger partial charge in [-0.1, -0.05) is 0 Å². The van der Waals surface area contributed by atoms with Crippen molar-refractivity contribution in [1.29, 1.82) is 0 Å². The Hall–Kier alpha value is 0.790. The van der Waals surface area contributed by atoms with Crippen LogP contribution in [0.5, 0.6) is 0 Å². The molecule has 8 heteroatoms. The third-order valence-corrected chi connectivity index (χ3v) is 2.34. The average molecular weight is 222 g/mol. The van der Waals surface area contributed by atoms with Crippen LogP contribution in [0.2, 0.25) is 0 Å². The first-order chi connectivity index (χ1) is 5.31. The molecular weight excluding hydrogens is 211 g/mol. The van der Waals surface area contributed by atoms with Gasteiger partial charge in [-0.05, 0) is 6.92 Å². The van der Waals surface area contributed by atoms with E-state index in [1.54, 1.807) is 0 Å². The van der Waals surface area contributed by atoms with Gasteiger partial charge in [-0.2, -0.15) is 0 Å².